The number of carboxylic acids is 1. The molecule has 0 saturated heterocycles. The lowest BCUT2D eigenvalue weighted by Gasteiger charge is -2.16. The number of imidazole rings is 1. The lowest BCUT2D eigenvalue weighted by molar-refractivity contribution is -0.138. The average molecular weight is 453 g/mol. The number of aromatic nitrogens is 2. The summed E-state index contributed by atoms with van der Waals surface area (Å²) in [6, 6.07) is 16.1. The van der Waals surface area contributed by atoms with E-state index in [0.29, 0.717) is 22.3 Å². The molecule has 0 unspecified atom stereocenters. The Balaban J connectivity index is 1.81. The van der Waals surface area contributed by atoms with Crippen molar-refractivity contribution in [1.82, 2.24) is 9.55 Å². The lowest BCUT2D eigenvalue weighted by atomic mass is 10.1. The molecular weight excluding hydrogens is 435 g/mol. The van der Waals surface area contributed by atoms with Crippen molar-refractivity contribution in [3.63, 3.8) is 0 Å². The molecule has 4 aromatic rings. The van der Waals surface area contributed by atoms with Gasteiger partial charge in [-0.3, -0.25) is 4.79 Å². The fourth-order valence-electron chi connectivity index (χ4n) is 3.54. The molecule has 0 radical (unpaired) electrons. The number of carboxylic acid groups (broad SMARTS) is 1. The zero-order valence-electron chi connectivity index (χ0n) is 17.3. The molecule has 0 aliphatic heterocycles. The van der Waals surface area contributed by atoms with Crippen LogP contribution in [0.1, 0.15) is 38.8 Å². The molecule has 2 N–H and O–H groups in total. The van der Waals surface area contributed by atoms with Crippen LogP contribution in [0.5, 0.6) is 0 Å². The molecule has 9 heteroatoms. The van der Waals surface area contributed by atoms with Crippen LogP contribution in [0.25, 0.3) is 11.0 Å². The minimum Gasteiger partial charge on any atom is -0.478 e. The van der Waals surface area contributed by atoms with E-state index in [1.807, 2.05) is 0 Å². The number of nitrogens with one attached hydrogen (secondary N) is 1. The van der Waals surface area contributed by atoms with Gasteiger partial charge in [-0.2, -0.15) is 13.2 Å². The van der Waals surface area contributed by atoms with E-state index in [0.717, 1.165) is 6.07 Å². The van der Waals surface area contributed by atoms with E-state index in [2.05, 4.69) is 10.3 Å². The highest BCUT2D eigenvalue weighted by molar-refractivity contribution is 5.95. The van der Waals surface area contributed by atoms with Gasteiger partial charge in [-0.1, -0.05) is 18.2 Å². The fraction of sp³-hybridized carbons (Fsp3) is 0.125. The number of rotatable bonds is 6. The zero-order valence-corrected chi connectivity index (χ0v) is 17.3. The summed E-state index contributed by atoms with van der Waals surface area (Å²) in [5.41, 5.74) is 1.17. The second-order valence-corrected chi connectivity index (χ2v) is 7.44. The van der Waals surface area contributed by atoms with Crippen LogP contribution >= 0.6 is 0 Å². The Labute approximate surface area is 186 Å². The summed E-state index contributed by atoms with van der Waals surface area (Å²) in [5.74, 6) is -0.998. The molecule has 1 aromatic heterocycles. The van der Waals surface area contributed by atoms with Crippen LogP contribution in [0.15, 0.2) is 66.7 Å². The van der Waals surface area contributed by atoms with Gasteiger partial charge in [0, 0.05) is 11.3 Å². The number of fused-ring (bicyclic) bond motifs is 1. The first-order chi connectivity index (χ1) is 15.6. The van der Waals surface area contributed by atoms with E-state index in [1.165, 1.54) is 43.3 Å². The molecule has 4 rings (SSSR count). The van der Waals surface area contributed by atoms with Crippen molar-refractivity contribution in [2.45, 2.75) is 19.6 Å². The van der Waals surface area contributed by atoms with Gasteiger partial charge in [-0.15, -0.1) is 0 Å². The summed E-state index contributed by atoms with van der Waals surface area (Å²) in [6.07, 6.45) is -4.53. The summed E-state index contributed by atoms with van der Waals surface area (Å²) >= 11 is 0. The number of nitrogens with zero attached hydrogens (tertiary/aromatic N) is 2. The number of carbonyl (C=O) groups excluding carboxylic acids is 1. The molecule has 3 aromatic carbocycles. The number of aromatic carboxylic acids is 1. The summed E-state index contributed by atoms with van der Waals surface area (Å²) < 4.78 is 42.2. The lowest BCUT2D eigenvalue weighted by Crippen LogP contribution is -2.13. The minimum atomic E-state index is -4.53. The van der Waals surface area contributed by atoms with Gasteiger partial charge >= 0.3 is 12.1 Å². The Hall–Kier alpha value is -4.14. The Bertz CT molecular complexity index is 1360. The summed E-state index contributed by atoms with van der Waals surface area (Å²) in [6.45, 7) is 1.30. The quantitative estimate of drug-likeness (QED) is 0.363. The molecule has 168 valence electrons. The molecule has 33 heavy (non-hydrogen) atoms. The number of benzene rings is 3. The third-order valence-electron chi connectivity index (χ3n) is 5.19. The molecule has 1 heterocycles. The molecule has 0 spiro atoms. The summed E-state index contributed by atoms with van der Waals surface area (Å²) in [7, 11) is 0. The smallest absolute Gasteiger partial charge is 0.416 e. The third kappa shape index (κ3) is 4.57. The number of hydrogen-bond acceptors (Lipinski definition) is 4. The maximum Gasteiger partial charge on any atom is 0.416 e. The van der Waals surface area contributed by atoms with Crippen molar-refractivity contribution in [1.29, 1.82) is 0 Å². The molecule has 6 nitrogen and oxygen atoms in total. The van der Waals surface area contributed by atoms with Crippen LogP contribution in [0.4, 0.5) is 24.8 Å². The Morgan fingerprint density at radius 2 is 1.67 bits per heavy atom. The van der Waals surface area contributed by atoms with Gasteiger partial charge in [-0.25, -0.2) is 9.78 Å². The van der Waals surface area contributed by atoms with Crippen molar-refractivity contribution in [2.24, 2.45) is 0 Å². The predicted molar refractivity (Wildman–Crippen MR) is 117 cm³/mol. The van der Waals surface area contributed by atoms with Crippen molar-refractivity contribution < 1.29 is 27.9 Å². The Morgan fingerprint density at radius 1 is 1.00 bits per heavy atom. The monoisotopic (exact) mass is 453 g/mol. The van der Waals surface area contributed by atoms with Gasteiger partial charge < -0.3 is 15.0 Å². The second-order valence-electron chi connectivity index (χ2n) is 7.44. The van der Waals surface area contributed by atoms with Crippen molar-refractivity contribution in [2.75, 3.05) is 5.32 Å². The maximum atomic E-state index is 13.5. The van der Waals surface area contributed by atoms with Gasteiger partial charge in [0.2, 0.25) is 5.95 Å². The van der Waals surface area contributed by atoms with E-state index in [4.69, 9.17) is 0 Å². The van der Waals surface area contributed by atoms with Gasteiger partial charge in [0.1, 0.15) is 0 Å². The van der Waals surface area contributed by atoms with Gasteiger partial charge in [-0.05, 0) is 61.0 Å². The number of Topliss-reactive ketones (excluding diaryl/α,β-unsaturated/α-hetero) is 1. The van der Waals surface area contributed by atoms with E-state index in [-0.39, 0.29) is 29.4 Å². The van der Waals surface area contributed by atoms with Gasteiger partial charge in [0.25, 0.3) is 0 Å². The molecule has 0 bridgehead atoms. The number of ketones is 1. The summed E-state index contributed by atoms with van der Waals surface area (Å²) in [5, 5.41) is 12.4. The fourth-order valence-corrected chi connectivity index (χ4v) is 3.54. The highest BCUT2D eigenvalue weighted by Crippen LogP contribution is 2.33. The molecule has 0 atom stereocenters. The zero-order chi connectivity index (χ0) is 23.8. The van der Waals surface area contributed by atoms with Crippen LogP contribution in [-0.2, 0) is 12.7 Å². The molecular formula is C24H18F3N3O3. The van der Waals surface area contributed by atoms with Gasteiger partial charge in [0.15, 0.2) is 5.78 Å². The van der Waals surface area contributed by atoms with Gasteiger partial charge in [0.05, 0.1) is 28.7 Å². The van der Waals surface area contributed by atoms with E-state index < -0.39 is 17.7 Å². The molecule has 0 fully saturated rings. The highest BCUT2D eigenvalue weighted by Gasteiger charge is 2.33. The van der Waals surface area contributed by atoms with Crippen molar-refractivity contribution >= 4 is 34.4 Å². The number of hydrogen-bond donors (Lipinski definition) is 2. The van der Waals surface area contributed by atoms with Crippen molar-refractivity contribution in [3.05, 3.63) is 89.0 Å². The molecule has 0 amide bonds. The topological polar surface area (TPSA) is 84.2 Å². The van der Waals surface area contributed by atoms with Crippen LogP contribution < -0.4 is 5.32 Å². The number of anilines is 2. The first kappa shape index (κ1) is 22.1. The Kier molecular flexibility index (Phi) is 5.63. The second kappa shape index (κ2) is 8.42. The van der Waals surface area contributed by atoms with E-state index in [9.17, 15) is 27.9 Å². The average Bonchev–Trinajstić information content (AvgIpc) is 3.10. The number of carbonyl (C=O) groups is 2. The number of halogens is 3. The van der Waals surface area contributed by atoms with Crippen LogP contribution in [0.3, 0.4) is 0 Å². The third-order valence-corrected chi connectivity index (χ3v) is 5.19. The van der Waals surface area contributed by atoms with Crippen LogP contribution in [0, 0.1) is 0 Å². The largest absolute Gasteiger partial charge is 0.478 e. The van der Waals surface area contributed by atoms with Crippen LogP contribution in [-0.4, -0.2) is 26.4 Å². The number of alkyl halides is 3. The predicted octanol–water partition coefficient (Wildman–Crippen LogP) is 5.75. The molecule has 0 aliphatic carbocycles. The SMILES string of the molecule is CC(=O)c1ccc(Nc2nc3cc(C(=O)O)ccc3n2Cc2ccccc2C(F)(F)F)cc1. The van der Waals surface area contributed by atoms with Crippen LogP contribution in [0.2, 0.25) is 0 Å². The standard InChI is InChI=1S/C24H18F3N3O3/c1-14(31)15-6-9-18(10-7-15)28-23-29-20-12-16(22(32)33)8-11-21(20)30(23)13-17-4-2-3-5-19(17)24(25,26)27/h2-12H,13H2,1H3,(H,28,29)(H,32,33). The molecule has 0 aliphatic rings. The molecule has 0 saturated carbocycles. The Morgan fingerprint density at radius 3 is 2.30 bits per heavy atom. The first-order valence-electron chi connectivity index (χ1n) is 9.90. The van der Waals surface area contributed by atoms with E-state index >= 15 is 0 Å². The minimum absolute atomic E-state index is 0.0141. The van der Waals surface area contributed by atoms with Crippen molar-refractivity contribution in [3.8, 4) is 0 Å². The highest BCUT2D eigenvalue weighted by atomic mass is 19.4. The first-order valence-corrected chi connectivity index (χ1v) is 9.90. The normalized spacial score (nSPS) is 11.5. The summed E-state index contributed by atoms with van der Waals surface area (Å²) in [4.78, 5) is 27.3. The van der Waals surface area contributed by atoms with E-state index in [1.54, 1.807) is 28.8 Å². The maximum absolute atomic E-state index is 13.5.